The van der Waals surface area contributed by atoms with Crippen molar-refractivity contribution in [2.75, 3.05) is 13.1 Å². The number of hydrogen-bond acceptors (Lipinski definition) is 3. The predicted octanol–water partition coefficient (Wildman–Crippen LogP) is 2.38. The summed E-state index contributed by atoms with van der Waals surface area (Å²) in [5.41, 5.74) is 1.64. The average Bonchev–Trinajstić information content (AvgIpc) is 3.03. The summed E-state index contributed by atoms with van der Waals surface area (Å²) in [5, 5.41) is 9.24. The quantitative estimate of drug-likeness (QED) is 0.866. The third-order valence-corrected chi connectivity index (χ3v) is 6.14. The van der Waals surface area contributed by atoms with Gasteiger partial charge in [-0.1, -0.05) is 18.6 Å². The number of imidazole rings is 1. The third-order valence-electron chi connectivity index (χ3n) is 6.14. The number of carboxylic acids is 1. The van der Waals surface area contributed by atoms with Gasteiger partial charge in [0.05, 0.1) is 17.0 Å². The predicted molar refractivity (Wildman–Crippen MR) is 100 cm³/mol. The zero-order valence-electron chi connectivity index (χ0n) is 15.3. The maximum atomic E-state index is 12.9. The van der Waals surface area contributed by atoms with Gasteiger partial charge in [0.1, 0.15) is 0 Å². The minimum Gasteiger partial charge on any atom is -0.481 e. The number of carbonyl (C=O) groups excluding carboxylic acids is 1. The lowest BCUT2D eigenvalue weighted by Crippen LogP contribution is -2.44. The van der Waals surface area contributed by atoms with Crippen molar-refractivity contribution in [3.05, 3.63) is 34.7 Å². The van der Waals surface area contributed by atoms with Gasteiger partial charge in [0.15, 0.2) is 0 Å². The molecule has 144 valence electrons. The summed E-state index contributed by atoms with van der Waals surface area (Å²) in [6, 6.07) is 7.74. The number of aliphatic carboxylic acids is 1. The Morgan fingerprint density at radius 3 is 2.48 bits per heavy atom. The van der Waals surface area contributed by atoms with Crippen LogP contribution in [0.25, 0.3) is 11.0 Å². The molecule has 1 saturated carbocycles. The highest BCUT2D eigenvalue weighted by Crippen LogP contribution is 2.32. The molecule has 4 rings (SSSR count). The average molecular weight is 371 g/mol. The van der Waals surface area contributed by atoms with Gasteiger partial charge in [-0.15, -0.1) is 0 Å². The fraction of sp³-hybridized carbons (Fsp3) is 0.550. The number of piperidine rings is 1. The van der Waals surface area contributed by atoms with E-state index in [0.29, 0.717) is 25.9 Å². The van der Waals surface area contributed by atoms with E-state index in [1.807, 2.05) is 33.7 Å². The summed E-state index contributed by atoms with van der Waals surface area (Å²) >= 11 is 0. The Kier molecular flexibility index (Phi) is 4.76. The Morgan fingerprint density at radius 1 is 1.04 bits per heavy atom. The van der Waals surface area contributed by atoms with Crippen LogP contribution in [0, 0.1) is 11.8 Å². The molecule has 1 saturated heterocycles. The number of para-hydroxylation sites is 2. The molecule has 0 spiro atoms. The van der Waals surface area contributed by atoms with Crippen molar-refractivity contribution in [1.82, 2.24) is 14.5 Å². The van der Waals surface area contributed by atoms with Gasteiger partial charge in [0.25, 0.3) is 0 Å². The van der Waals surface area contributed by atoms with Crippen molar-refractivity contribution >= 4 is 22.9 Å². The van der Waals surface area contributed by atoms with E-state index in [4.69, 9.17) is 0 Å². The summed E-state index contributed by atoms with van der Waals surface area (Å²) in [7, 11) is 0. The zero-order chi connectivity index (χ0) is 19.0. The van der Waals surface area contributed by atoms with Gasteiger partial charge < -0.3 is 15.0 Å². The molecule has 2 fully saturated rings. The number of rotatable bonds is 3. The van der Waals surface area contributed by atoms with Crippen LogP contribution in [-0.4, -0.2) is 44.5 Å². The molecule has 2 heterocycles. The first-order valence-electron chi connectivity index (χ1n) is 9.75. The number of aromatic nitrogens is 2. The van der Waals surface area contributed by atoms with Gasteiger partial charge >= 0.3 is 11.7 Å². The van der Waals surface area contributed by atoms with Crippen molar-refractivity contribution in [3.63, 3.8) is 0 Å². The van der Waals surface area contributed by atoms with Gasteiger partial charge in [-0.05, 0) is 44.2 Å². The zero-order valence-corrected chi connectivity index (χ0v) is 15.3. The first kappa shape index (κ1) is 17.8. The van der Waals surface area contributed by atoms with Gasteiger partial charge in [0.2, 0.25) is 5.91 Å². The molecular weight excluding hydrogens is 346 g/mol. The molecule has 2 aromatic rings. The van der Waals surface area contributed by atoms with Gasteiger partial charge in [-0.25, -0.2) is 4.79 Å². The first-order valence-corrected chi connectivity index (χ1v) is 9.75. The van der Waals surface area contributed by atoms with Crippen LogP contribution in [0.4, 0.5) is 0 Å². The second-order valence-corrected chi connectivity index (χ2v) is 7.77. The number of amides is 1. The topological polar surface area (TPSA) is 95.4 Å². The highest BCUT2D eigenvalue weighted by Gasteiger charge is 2.35. The number of benzene rings is 1. The van der Waals surface area contributed by atoms with Crippen molar-refractivity contribution in [2.24, 2.45) is 11.8 Å². The van der Waals surface area contributed by atoms with E-state index in [-0.39, 0.29) is 23.6 Å². The highest BCUT2D eigenvalue weighted by molar-refractivity contribution is 5.80. The van der Waals surface area contributed by atoms with Crippen LogP contribution < -0.4 is 5.69 Å². The molecule has 0 unspecified atom stereocenters. The lowest BCUT2D eigenvalue weighted by molar-refractivity contribution is -0.145. The Bertz CT molecular complexity index is 907. The SMILES string of the molecule is O=C(O)[C@H]1CCC[C@@H](C(=O)N2CCC(n3c(=O)[nH]c4ccccc43)CC2)C1. The van der Waals surface area contributed by atoms with Crippen LogP contribution in [0.2, 0.25) is 0 Å². The number of aromatic amines is 1. The summed E-state index contributed by atoms with van der Waals surface area (Å²) in [6.45, 7) is 1.23. The number of nitrogens with zero attached hydrogens (tertiary/aromatic N) is 2. The van der Waals surface area contributed by atoms with Crippen LogP contribution >= 0.6 is 0 Å². The van der Waals surface area contributed by atoms with E-state index >= 15 is 0 Å². The number of carboxylic acid groups (broad SMARTS) is 1. The Morgan fingerprint density at radius 2 is 1.74 bits per heavy atom. The largest absolute Gasteiger partial charge is 0.481 e. The number of hydrogen-bond donors (Lipinski definition) is 2. The Hall–Kier alpha value is -2.57. The van der Waals surface area contributed by atoms with Crippen LogP contribution in [0.5, 0.6) is 0 Å². The minimum absolute atomic E-state index is 0.0795. The van der Waals surface area contributed by atoms with E-state index in [9.17, 15) is 19.5 Å². The van der Waals surface area contributed by atoms with E-state index in [1.54, 1.807) is 0 Å². The molecule has 2 N–H and O–H groups in total. The first-order chi connectivity index (χ1) is 13.0. The number of likely N-dealkylation sites (tertiary alicyclic amines) is 1. The van der Waals surface area contributed by atoms with E-state index < -0.39 is 11.9 Å². The summed E-state index contributed by atoms with van der Waals surface area (Å²) in [5.74, 6) is -1.27. The van der Waals surface area contributed by atoms with E-state index in [2.05, 4.69) is 4.98 Å². The number of fused-ring (bicyclic) bond motifs is 1. The number of carbonyl (C=O) groups is 2. The van der Waals surface area contributed by atoms with Crippen molar-refractivity contribution in [1.29, 1.82) is 0 Å². The summed E-state index contributed by atoms with van der Waals surface area (Å²) in [6.07, 6.45) is 4.19. The molecule has 0 radical (unpaired) electrons. The third kappa shape index (κ3) is 3.38. The Balaban J connectivity index is 1.43. The van der Waals surface area contributed by atoms with Crippen molar-refractivity contribution in [2.45, 2.75) is 44.6 Å². The molecule has 1 aliphatic heterocycles. The van der Waals surface area contributed by atoms with Crippen molar-refractivity contribution in [3.8, 4) is 0 Å². The molecule has 1 aliphatic carbocycles. The summed E-state index contributed by atoms with van der Waals surface area (Å²) < 4.78 is 1.82. The molecule has 7 heteroatoms. The second-order valence-electron chi connectivity index (χ2n) is 7.77. The monoisotopic (exact) mass is 371 g/mol. The maximum absolute atomic E-state index is 12.9. The molecule has 2 aliphatic rings. The fourth-order valence-electron chi connectivity index (χ4n) is 4.68. The Labute approximate surface area is 157 Å². The van der Waals surface area contributed by atoms with Crippen LogP contribution in [-0.2, 0) is 9.59 Å². The molecule has 27 heavy (non-hydrogen) atoms. The smallest absolute Gasteiger partial charge is 0.326 e. The minimum atomic E-state index is -0.787. The second kappa shape index (κ2) is 7.21. The molecule has 0 bridgehead atoms. The maximum Gasteiger partial charge on any atom is 0.326 e. The summed E-state index contributed by atoms with van der Waals surface area (Å²) in [4.78, 5) is 41.2. The molecule has 1 aromatic heterocycles. The van der Waals surface area contributed by atoms with E-state index in [1.165, 1.54) is 0 Å². The molecule has 1 amide bonds. The molecule has 2 atom stereocenters. The number of H-pyrrole nitrogens is 1. The van der Waals surface area contributed by atoms with Crippen LogP contribution in [0.15, 0.2) is 29.1 Å². The lowest BCUT2D eigenvalue weighted by Gasteiger charge is -2.36. The van der Waals surface area contributed by atoms with Crippen LogP contribution in [0.1, 0.15) is 44.6 Å². The lowest BCUT2D eigenvalue weighted by atomic mass is 9.80. The van der Waals surface area contributed by atoms with Crippen LogP contribution in [0.3, 0.4) is 0 Å². The van der Waals surface area contributed by atoms with Crippen molar-refractivity contribution < 1.29 is 14.7 Å². The van der Waals surface area contributed by atoms with Gasteiger partial charge in [-0.3, -0.25) is 14.2 Å². The normalized spacial score (nSPS) is 24.2. The standard InChI is InChI=1S/C20H25N3O4/c24-18(13-4-3-5-14(12-13)19(25)26)22-10-8-15(9-11-22)23-17-7-2-1-6-16(17)21-20(23)27/h1-2,6-7,13-15H,3-5,8-12H2,(H,21,27)(H,25,26)/t13-,14+/m1/s1. The molecule has 7 nitrogen and oxygen atoms in total. The molecule has 1 aromatic carbocycles. The number of nitrogens with one attached hydrogen (secondary N) is 1. The fourth-order valence-corrected chi connectivity index (χ4v) is 4.68. The highest BCUT2D eigenvalue weighted by atomic mass is 16.4. The molecular formula is C20H25N3O4. The van der Waals surface area contributed by atoms with Gasteiger partial charge in [0, 0.05) is 25.0 Å². The van der Waals surface area contributed by atoms with Gasteiger partial charge in [-0.2, -0.15) is 0 Å². The van der Waals surface area contributed by atoms with E-state index in [0.717, 1.165) is 36.7 Å².